The smallest absolute Gasteiger partial charge is 0.271 e. The van der Waals surface area contributed by atoms with E-state index in [-0.39, 0.29) is 5.56 Å². The van der Waals surface area contributed by atoms with E-state index in [1.54, 1.807) is 12.3 Å². The minimum Gasteiger partial charge on any atom is -0.394 e. The largest absolute Gasteiger partial charge is 0.394 e. The van der Waals surface area contributed by atoms with Crippen molar-refractivity contribution in [2.24, 2.45) is 0 Å². The first kappa shape index (κ1) is 16.0. The average Bonchev–Trinajstić information content (AvgIpc) is 2.59. The van der Waals surface area contributed by atoms with E-state index in [4.69, 9.17) is 5.73 Å². The van der Waals surface area contributed by atoms with E-state index >= 15 is 0 Å². The van der Waals surface area contributed by atoms with E-state index in [0.717, 1.165) is 11.3 Å². The molecule has 3 N–H and O–H groups in total. The number of hydrogen-bond acceptors (Lipinski definition) is 7. The lowest BCUT2D eigenvalue weighted by Crippen LogP contribution is -2.21. The molecule has 2 heterocycles. The molecule has 8 heteroatoms. The van der Waals surface area contributed by atoms with Crippen LogP contribution in [0.2, 0.25) is 0 Å². The first-order valence-electron chi connectivity index (χ1n) is 7.18. The Morgan fingerprint density at radius 2 is 2.00 bits per heavy atom. The van der Waals surface area contributed by atoms with Gasteiger partial charge in [0.1, 0.15) is 0 Å². The molecule has 0 amide bonds. The van der Waals surface area contributed by atoms with Crippen LogP contribution >= 0.6 is 11.8 Å². The third kappa shape index (κ3) is 3.23. The predicted molar refractivity (Wildman–Crippen MR) is 96.1 cm³/mol. The maximum atomic E-state index is 12.2. The lowest BCUT2D eigenvalue weighted by molar-refractivity contribution is 0.806. The number of benzene rings is 1. The lowest BCUT2D eigenvalue weighted by Gasteiger charge is -2.11. The summed E-state index contributed by atoms with van der Waals surface area (Å²) in [5, 5.41) is 8.01. The number of aromatic nitrogens is 4. The van der Waals surface area contributed by atoms with Crippen LogP contribution in [-0.2, 0) is 0 Å². The van der Waals surface area contributed by atoms with Gasteiger partial charge in [-0.1, -0.05) is 30.0 Å². The summed E-state index contributed by atoms with van der Waals surface area (Å²) in [6.07, 6.45) is 3.42. The first-order chi connectivity index (χ1) is 11.6. The topological polar surface area (TPSA) is 98.7 Å². The normalized spacial score (nSPS) is 10.6. The number of nitrogens with zero attached hydrogens (tertiary/aromatic N) is 4. The van der Waals surface area contributed by atoms with Crippen LogP contribution in [0.25, 0.3) is 5.69 Å². The minimum atomic E-state index is -0.213. The minimum absolute atomic E-state index is 0.213. The van der Waals surface area contributed by atoms with Gasteiger partial charge in [0.25, 0.3) is 5.56 Å². The second-order valence-electron chi connectivity index (χ2n) is 5.04. The number of anilines is 3. The van der Waals surface area contributed by atoms with Crippen molar-refractivity contribution in [1.82, 2.24) is 19.7 Å². The third-order valence-corrected chi connectivity index (χ3v) is 3.93. The van der Waals surface area contributed by atoms with Crippen molar-refractivity contribution >= 4 is 29.1 Å². The standard InChI is InChI=1S/C16H16N6OS/c1-10-5-3-4-6-12(10)22-14(23)8-7-13(21-22)19-15-11(17)9-18-16(20-15)24-2/h3-9H,17H2,1-2H3,(H,18,19,20,21). The zero-order chi connectivity index (χ0) is 17.1. The number of nitrogens with one attached hydrogen (secondary N) is 1. The fraction of sp³-hybridized carbons (Fsp3) is 0.125. The molecule has 0 bridgehead atoms. The van der Waals surface area contributed by atoms with Gasteiger partial charge in [-0.05, 0) is 30.9 Å². The molecule has 2 aromatic heterocycles. The summed E-state index contributed by atoms with van der Waals surface area (Å²) in [5.41, 5.74) is 7.78. The third-order valence-electron chi connectivity index (χ3n) is 3.37. The Morgan fingerprint density at radius 3 is 2.75 bits per heavy atom. The van der Waals surface area contributed by atoms with Crippen LogP contribution in [0.15, 0.2) is 52.5 Å². The van der Waals surface area contributed by atoms with Crippen molar-refractivity contribution in [1.29, 1.82) is 0 Å². The van der Waals surface area contributed by atoms with Crippen LogP contribution in [0, 0.1) is 6.92 Å². The summed E-state index contributed by atoms with van der Waals surface area (Å²) >= 11 is 1.41. The Bertz CT molecular complexity index is 940. The number of thioether (sulfide) groups is 1. The van der Waals surface area contributed by atoms with Crippen LogP contribution in [-0.4, -0.2) is 26.0 Å². The summed E-state index contributed by atoms with van der Waals surface area (Å²) in [6, 6.07) is 10.6. The highest BCUT2D eigenvalue weighted by atomic mass is 32.2. The Hall–Kier alpha value is -2.87. The fourth-order valence-corrected chi connectivity index (χ4v) is 2.49. The maximum absolute atomic E-state index is 12.2. The molecule has 0 aliphatic rings. The lowest BCUT2D eigenvalue weighted by atomic mass is 10.2. The monoisotopic (exact) mass is 340 g/mol. The van der Waals surface area contributed by atoms with Crippen molar-refractivity contribution in [3.05, 3.63) is 58.5 Å². The number of nitrogen functional groups attached to an aromatic ring is 1. The van der Waals surface area contributed by atoms with Gasteiger partial charge in [0.15, 0.2) is 16.8 Å². The van der Waals surface area contributed by atoms with Gasteiger partial charge in [0.05, 0.1) is 17.6 Å². The molecule has 0 saturated carbocycles. The van der Waals surface area contributed by atoms with Crippen LogP contribution in [0.3, 0.4) is 0 Å². The zero-order valence-corrected chi connectivity index (χ0v) is 14.0. The summed E-state index contributed by atoms with van der Waals surface area (Å²) in [4.78, 5) is 20.6. The molecule has 0 aliphatic carbocycles. The highest BCUT2D eigenvalue weighted by Gasteiger charge is 2.09. The number of hydrogen-bond donors (Lipinski definition) is 2. The summed E-state index contributed by atoms with van der Waals surface area (Å²) in [5.74, 6) is 0.923. The van der Waals surface area contributed by atoms with E-state index in [2.05, 4.69) is 20.4 Å². The fourth-order valence-electron chi connectivity index (χ4n) is 2.15. The molecule has 3 rings (SSSR count). The second kappa shape index (κ2) is 6.71. The van der Waals surface area contributed by atoms with Gasteiger partial charge in [-0.3, -0.25) is 4.79 Å². The molecule has 0 fully saturated rings. The Balaban J connectivity index is 2.01. The molecular weight excluding hydrogens is 324 g/mol. The molecule has 0 radical (unpaired) electrons. The van der Waals surface area contributed by atoms with E-state index in [1.807, 2.05) is 37.4 Å². The van der Waals surface area contributed by atoms with Gasteiger partial charge >= 0.3 is 0 Å². The van der Waals surface area contributed by atoms with Crippen molar-refractivity contribution < 1.29 is 0 Å². The maximum Gasteiger partial charge on any atom is 0.271 e. The molecular formula is C16H16N6OS. The van der Waals surface area contributed by atoms with Crippen molar-refractivity contribution in [3.63, 3.8) is 0 Å². The first-order valence-corrected chi connectivity index (χ1v) is 8.41. The van der Waals surface area contributed by atoms with Crippen LogP contribution < -0.4 is 16.6 Å². The van der Waals surface area contributed by atoms with Crippen LogP contribution in [0.1, 0.15) is 5.56 Å². The molecule has 0 aliphatic heterocycles. The zero-order valence-electron chi connectivity index (χ0n) is 13.2. The summed E-state index contributed by atoms with van der Waals surface area (Å²) < 4.78 is 1.35. The van der Waals surface area contributed by atoms with E-state index in [9.17, 15) is 4.79 Å². The van der Waals surface area contributed by atoms with E-state index < -0.39 is 0 Å². The summed E-state index contributed by atoms with van der Waals surface area (Å²) in [6.45, 7) is 1.93. The van der Waals surface area contributed by atoms with Crippen LogP contribution in [0.4, 0.5) is 17.3 Å². The molecule has 1 aromatic carbocycles. The molecule has 0 spiro atoms. The van der Waals surface area contributed by atoms with E-state index in [0.29, 0.717) is 22.5 Å². The van der Waals surface area contributed by atoms with E-state index in [1.165, 1.54) is 22.5 Å². The Kier molecular flexibility index (Phi) is 4.48. The molecule has 122 valence electrons. The Labute approximate surface area is 143 Å². The average molecular weight is 340 g/mol. The van der Waals surface area contributed by atoms with Crippen molar-refractivity contribution in [2.75, 3.05) is 17.3 Å². The van der Waals surface area contributed by atoms with Gasteiger partial charge in [-0.2, -0.15) is 4.68 Å². The predicted octanol–water partition coefficient (Wildman–Crippen LogP) is 2.38. The number of nitrogens with two attached hydrogens (primary N) is 1. The van der Waals surface area contributed by atoms with Crippen molar-refractivity contribution in [2.45, 2.75) is 12.1 Å². The number of para-hydroxylation sites is 1. The van der Waals surface area contributed by atoms with Crippen LogP contribution in [0.5, 0.6) is 0 Å². The highest BCUT2D eigenvalue weighted by molar-refractivity contribution is 7.98. The van der Waals surface area contributed by atoms with Gasteiger partial charge in [0.2, 0.25) is 0 Å². The molecule has 24 heavy (non-hydrogen) atoms. The second-order valence-corrected chi connectivity index (χ2v) is 5.81. The molecule has 7 nitrogen and oxygen atoms in total. The number of rotatable bonds is 4. The van der Waals surface area contributed by atoms with Gasteiger partial charge < -0.3 is 11.1 Å². The quantitative estimate of drug-likeness (QED) is 0.555. The van der Waals surface area contributed by atoms with Gasteiger partial charge in [-0.15, -0.1) is 5.10 Å². The van der Waals surface area contributed by atoms with Gasteiger partial charge in [-0.25, -0.2) is 9.97 Å². The molecule has 0 saturated heterocycles. The molecule has 3 aromatic rings. The summed E-state index contributed by atoms with van der Waals surface area (Å²) in [7, 11) is 0. The molecule has 0 unspecified atom stereocenters. The molecule has 0 atom stereocenters. The van der Waals surface area contributed by atoms with Gasteiger partial charge in [0, 0.05) is 6.07 Å². The Morgan fingerprint density at radius 1 is 1.21 bits per heavy atom. The SMILES string of the molecule is CSc1ncc(N)c(Nc2ccc(=O)n(-c3ccccc3C)n2)n1. The highest BCUT2D eigenvalue weighted by Crippen LogP contribution is 2.21. The van der Waals surface area contributed by atoms with Crippen molar-refractivity contribution in [3.8, 4) is 5.69 Å². The number of aryl methyl sites for hydroxylation is 1.